The zero-order chi connectivity index (χ0) is 11.5. The van der Waals surface area contributed by atoms with Crippen molar-refractivity contribution in [2.24, 2.45) is 0 Å². The third-order valence-corrected chi connectivity index (χ3v) is 3.60. The highest BCUT2D eigenvalue weighted by Gasteiger charge is 2.19. The Morgan fingerprint density at radius 1 is 1.50 bits per heavy atom. The Morgan fingerprint density at radius 3 is 3.00 bits per heavy atom. The third-order valence-electron chi connectivity index (χ3n) is 3.31. The lowest BCUT2D eigenvalue weighted by Gasteiger charge is -2.17. The van der Waals surface area contributed by atoms with E-state index in [0.29, 0.717) is 5.92 Å². The van der Waals surface area contributed by atoms with E-state index in [1.54, 1.807) is 7.11 Å². The first kappa shape index (κ1) is 11.7. The molecule has 1 aromatic rings. The van der Waals surface area contributed by atoms with E-state index in [1.807, 2.05) is 0 Å². The van der Waals surface area contributed by atoms with Crippen molar-refractivity contribution in [3.63, 3.8) is 0 Å². The summed E-state index contributed by atoms with van der Waals surface area (Å²) in [5, 5.41) is 4.19. The standard InChI is InChI=1S/C13H18ClNO/c1-3-9-8-15-5-4-10-6-13(16-2)12(14)7-11(9)10/h6-7,9,15H,3-5,8H2,1-2H3/t9-/m0/s1. The van der Waals surface area contributed by atoms with Crippen molar-refractivity contribution in [2.75, 3.05) is 20.2 Å². The lowest BCUT2D eigenvalue weighted by Crippen LogP contribution is -2.19. The second-order valence-electron chi connectivity index (χ2n) is 4.24. The van der Waals surface area contributed by atoms with Gasteiger partial charge in [0.15, 0.2) is 0 Å². The zero-order valence-corrected chi connectivity index (χ0v) is 10.6. The molecule has 0 fully saturated rings. The minimum absolute atomic E-state index is 0.570. The molecule has 88 valence electrons. The molecule has 1 aromatic carbocycles. The summed E-state index contributed by atoms with van der Waals surface area (Å²) in [6.45, 7) is 4.31. The lowest BCUT2D eigenvalue weighted by atomic mass is 9.92. The van der Waals surface area contributed by atoms with Crippen molar-refractivity contribution in [1.82, 2.24) is 5.32 Å². The van der Waals surface area contributed by atoms with Crippen LogP contribution in [-0.4, -0.2) is 20.2 Å². The van der Waals surface area contributed by atoms with E-state index in [4.69, 9.17) is 16.3 Å². The van der Waals surface area contributed by atoms with Crippen molar-refractivity contribution in [3.05, 3.63) is 28.3 Å². The van der Waals surface area contributed by atoms with E-state index < -0.39 is 0 Å². The molecule has 0 aromatic heterocycles. The highest BCUT2D eigenvalue weighted by Crippen LogP contribution is 2.34. The molecule has 0 aliphatic carbocycles. The number of benzene rings is 1. The van der Waals surface area contributed by atoms with E-state index in [1.165, 1.54) is 11.1 Å². The van der Waals surface area contributed by atoms with Crippen LogP contribution in [0.5, 0.6) is 5.75 Å². The number of fused-ring (bicyclic) bond motifs is 1. The highest BCUT2D eigenvalue weighted by atomic mass is 35.5. The van der Waals surface area contributed by atoms with Crippen molar-refractivity contribution in [3.8, 4) is 5.75 Å². The second-order valence-corrected chi connectivity index (χ2v) is 4.65. The fourth-order valence-corrected chi connectivity index (χ4v) is 2.59. The summed E-state index contributed by atoms with van der Waals surface area (Å²) >= 11 is 6.19. The first-order chi connectivity index (χ1) is 7.76. The SMILES string of the molecule is CC[C@H]1CNCCc2cc(OC)c(Cl)cc21. The quantitative estimate of drug-likeness (QED) is 0.857. The van der Waals surface area contributed by atoms with Crippen LogP contribution in [0, 0.1) is 0 Å². The summed E-state index contributed by atoms with van der Waals surface area (Å²) in [4.78, 5) is 0. The number of hydrogen-bond acceptors (Lipinski definition) is 2. The number of methoxy groups -OCH3 is 1. The van der Waals surface area contributed by atoms with Gasteiger partial charge in [-0.15, -0.1) is 0 Å². The summed E-state index contributed by atoms with van der Waals surface area (Å²) in [5.74, 6) is 1.36. The van der Waals surface area contributed by atoms with Gasteiger partial charge in [0.1, 0.15) is 5.75 Å². The van der Waals surface area contributed by atoms with Crippen LogP contribution in [0.4, 0.5) is 0 Å². The Hall–Kier alpha value is -0.730. The maximum Gasteiger partial charge on any atom is 0.137 e. The molecule has 16 heavy (non-hydrogen) atoms. The molecule has 0 spiro atoms. The molecule has 0 unspecified atom stereocenters. The topological polar surface area (TPSA) is 21.3 Å². The van der Waals surface area contributed by atoms with Gasteiger partial charge >= 0.3 is 0 Å². The van der Waals surface area contributed by atoms with Crippen LogP contribution < -0.4 is 10.1 Å². The van der Waals surface area contributed by atoms with Gasteiger partial charge in [0.25, 0.3) is 0 Å². The summed E-state index contributed by atoms with van der Waals surface area (Å²) in [5.41, 5.74) is 2.76. The molecule has 0 saturated heterocycles. The van der Waals surface area contributed by atoms with Gasteiger partial charge in [0.05, 0.1) is 12.1 Å². The maximum atomic E-state index is 6.19. The van der Waals surface area contributed by atoms with Crippen molar-refractivity contribution in [2.45, 2.75) is 25.7 Å². The Morgan fingerprint density at radius 2 is 2.31 bits per heavy atom. The third kappa shape index (κ3) is 2.18. The number of nitrogens with one attached hydrogen (secondary N) is 1. The molecular formula is C13H18ClNO. The van der Waals surface area contributed by atoms with E-state index in [2.05, 4.69) is 24.4 Å². The van der Waals surface area contributed by atoms with Gasteiger partial charge < -0.3 is 10.1 Å². The van der Waals surface area contributed by atoms with Gasteiger partial charge in [0, 0.05) is 6.54 Å². The van der Waals surface area contributed by atoms with Crippen LogP contribution in [0.15, 0.2) is 12.1 Å². The fraction of sp³-hybridized carbons (Fsp3) is 0.538. The van der Waals surface area contributed by atoms with Crippen LogP contribution in [-0.2, 0) is 6.42 Å². The minimum Gasteiger partial charge on any atom is -0.495 e. The van der Waals surface area contributed by atoms with E-state index in [-0.39, 0.29) is 0 Å². The van der Waals surface area contributed by atoms with Crippen LogP contribution in [0.2, 0.25) is 5.02 Å². The van der Waals surface area contributed by atoms with E-state index >= 15 is 0 Å². The number of rotatable bonds is 2. The molecular weight excluding hydrogens is 222 g/mol. The Bertz CT molecular complexity index is 378. The second kappa shape index (κ2) is 5.07. The van der Waals surface area contributed by atoms with Crippen molar-refractivity contribution < 1.29 is 4.74 Å². The molecule has 3 heteroatoms. The highest BCUT2D eigenvalue weighted by molar-refractivity contribution is 6.32. The number of hydrogen-bond donors (Lipinski definition) is 1. The Kier molecular flexibility index (Phi) is 3.72. The summed E-state index contributed by atoms with van der Waals surface area (Å²) in [6, 6.07) is 4.17. The summed E-state index contributed by atoms with van der Waals surface area (Å²) in [7, 11) is 1.67. The summed E-state index contributed by atoms with van der Waals surface area (Å²) < 4.78 is 5.27. The number of ether oxygens (including phenoxy) is 1. The molecule has 0 radical (unpaired) electrons. The van der Waals surface area contributed by atoms with E-state index in [0.717, 1.165) is 36.7 Å². The molecule has 1 N–H and O–H groups in total. The molecule has 1 aliphatic rings. The first-order valence-electron chi connectivity index (χ1n) is 5.83. The number of halogens is 1. The van der Waals surface area contributed by atoms with Crippen LogP contribution in [0.3, 0.4) is 0 Å². The molecule has 2 rings (SSSR count). The summed E-state index contributed by atoms with van der Waals surface area (Å²) in [6.07, 6.45) is 2.20. The monoisotopic (exact) mass is 239 g/mol. The van der Waals surface area contributed by atoms with Gasteiger partial charge in [-0.3, -0.25) is 0 Å². The molecule has 0 amide bonds. The first-order valence-corrected chi connectivity index (χ1v) is 6.21. The van der Waals surface area contributed by atoms with Crippen LogP contribution in [0.1, 0.15) is 30.4 Å². The van der Waals surface area contributed by atoms with Crippen molar-refractivity contribution >= 4 is 11.6 Å². The smallest absolute Gasteiger partial charge is 0.137 e. The van der Waals surface area contributed by atoms with Crippen molar-refractivity contribution in [1.29, 1.82) is 0 Å². The predicted molar refractivity (Wildman–Crippen MR) is 67.6 cm³/mol. The van der Waals surface area contributed by atoms with Gasteiger partial charge in [0.2, 0.25) is 0 Å². The fourth-order valence-electron chi connectivity index (χ4n) is 2.34. The molecule has 1 aliphatic heterocycles. The maximum absolute atomic E-state index is 6.19. The minimum atomic E-state index is 0.570. The largest absolute Gasteiger partial charge is 0.495 e. The average molecular weight is 240 g/mol. The van der Waals surface area contributed by atoms with Gasteiger partial charge in [-0.1, -0.05) is 18.5 Å². The normalized spacial score (nSPS) is 20.1. The molecule has 1 atom stereocenters. The average Bonchev–Trinajstić information content (AvgIpc) is 2.49. The molecule has 2 nitrogen and oxygen atoms in total. The van der Waals surface area contributed by atoms with Crippen LogP contribution in [0.25, 0.3) is 0 Å². The molecule has 0 bridgehead atoms. The lowest BCUT2D eigenvalue weighted by molar-refractivity contribution is 0.414. The predicted octanol–water partition coefficient (Wildman–Crippen LogP) is 2.99. The van der Waals surface area contributed by atoms with Crippen LogP contribution >= 0.6 is 11.6 Å². The Labute approximate surface area is 102 Å². The van der Waals surface area contributed by atoms with Gasteiger partial charge in [-0.25, -0.2) is 0 Å². The van der Waals surface area contributed by atoms with Gasteiger partial charge in [-0.2, -0.15) is 0 Å². The van der Waals surface area contributed by atoms with Gasteiger partial charge in [-0.05, 0) is 48.6 Å². The van der Waals surface area contributed by atoms with E-state index in [9.17, 15) is 0 Å². The zero-order valence-electron chi connectivity index (χ0n) is 9.85. The molecule has 1 heterocycles. The Balaban J connectivity index is 2.45. The molecule has 0 saturated carbocycles.